The van der Waals surface area contributed by atoms with Gasteiger partial charge in [-0.15, -0.1) is 0 Å². The molecule has 7 aromatic carbocycles. The molecule has 0 heterocycles. The van der Waals surface area contributed by atoms with Crippen LogP contribution in [0.4, 0.5) is 34.1 Å². The van der Waals surface area contributed by atoms with E-state index in [0.29, 0.717) is 0 Å². The molecule has 0 aliphatic carbocycles. The zero-order chi connectivity index (χ0) is 63.7. The molecule has 7 aromatic rings. The van der Waals surface area contributed by atoms with Gasteiger partial charge < -0.3 is 9.80 Å². The van der Waals surface area contributed by atoms with Crippen LogP contribution in [0.15, 0.2) is 0 Å². The quantitative estimate of drug-likeness (QED) is 0.126. The maximum atomic E-state index is 2.70. The normalized spacial score (nSPS) is 12.4. The lowest BCUT2D eigenvalue weighted by atomic mass is 9.78. The summed E-state index contributed by atoms with van der Waals surface area (Å²) in [6, 6.07) is 0. The summed E-state index contributed by atoms with van der Waals surface area (Å²) in [5, 5.41) is 0. The number of hydrogen-bond acceptors (Lipinski definition) is 2. The third-order valence-corrected chi connectivity index (χ3v) is 23.6. The van der Waals surface area contributed by atoms with Crippen molar-refractivity contribution in [3.05, 3.63) is 200 Å². The summed E-state index contributed by atoms with van der Waals surface area (Å²) in [5.74, 6) is 0. The van der Waals surface area contributed by atoms with E-state index < -0.39 is 0 Å². The average Bonchev–Trinajstić information content (AvgIpc) is 0.865. The molecule has 0 spiro atoms. The van der Waals surface area contributed by atoms with Gasteiger partial charge >= 0.3 is 0 Å². The molecule has 0 N–H and O–H groups in total. The number of benzene rings is 7. The Labute approximate surface area is 513 Å². The fourth-order valence-corrected chi connectivity index (χ4v) is 15.5. The second-order valence-electron chi connectivity index (χ2n) is 26.8. The molecule has 0 fully saturated rings. The molecule has 0 amide bonds. The molecule has 0 aliphatic heterocycles. The smallest absolute Gasteiger partial charge is 0.0526 e. The van der Waals surface area contributed by atoms with Crippen LogP contribution in [0.2, 0.25) is 0 Å². The molecule has 0 aromatic heterocycles. The molecule has 0 saturated carbocycles. The summed E-state index contributed by atoms with van der Waals surface area (Å²) in [6.07, 6.45) is 0. The number of allylic oxidation sites excluding steroid dienone is 4. The van der Waals surface area contributed by atoms with Crippen LogP contribution in [-0.4, -0.2) is 0 Å². The summed E-state index contributed by atoms with van der Waals surface area (Å²) >= 11 is 0. The largest absolute Gasteiger partial charge is 0.309 e. The summed E-state index contributed by atoms with van der Waals surface area (Å²) in [7, 11) is 0. The van der Waals surface area contributed by atoms with Crippen LogP contribution in [0, 0.1) is 222 Å². The average molecular weight is 1120 g/mol. The Balaban J connectivity index is 1.45. The first-order valence-corrected chi connectivity index (χ1v) is 31.3. The number of nitrogens with zero attached hydrogens (tertiary/aromatic N) is 2. The van der Waals surface area contributed by atoms with E-state index in [4.69, 9.17) is 0 Å². The second kappa shape index (κ2) is 23.1. The van der Waals surface area contributed by atoms with Crippen molar-refractivity contribution in [2.75, 3.05) is 9.80 Å². The van der Waals surface area contributed by atoms with Crippen molar-refractivity contribution in [1.82, 2.24) is 0 Å². The molecular formula is C82H108N2. The molecule has 0 aliphatic rings. The Hall–Kier alpha value is -6.38. The molecular weight excluding hydrogens is 1010 g/mol. The number of rotatable bonds is 10. The summed E-state index contributed by atoms with van der Waals surface area (Å²) in [6.45, 7) is 84.8. The molecule has 84 heavy (non-hydrogen) atoms. The Kier molecular flexibility index (Phi) is 17.9. The van der Waals surface area contributed by atoms with Gasteiger partial charge in [0.05, 0.1) is 34.1 Å². The maximum absolute atomic E-state index is 2.70. The number of hydrogen-bond donors (Lipinski definition) is 0. The molecule has 0 radical (unpaired) electrons. The van der Waals surface area contributed by atoms with Gasteiger partial charge in [0.2, 0.25) is 0 Å². The van der Waals surface area contributed by atoms with Gasteiger partial charge in [0, 0.05) is 0 Å². The van der Waals surface area contributed by atoms with Gasteiger partial charge in [0.1, 0.15) is 0 Å². The first-order chi connectivity index (χ1) is 38.8. The van der Waals surface area contributed by atoms with Gasteiger partial charge in [-0.1, -0.05) is 0 Å². The predicted molar refractivity (Wildman–Crippen MR) is 377 cm³/mol. The fourth-order valence-electron chi connectivity index (χ4n) is 15.5. The van der Waals surface area contributed by atoms with E-state index >= 15 is 0 Å². The summed E-state index contributed by atoms with van der Waals surface area (Å²) < 4.78 is 0. The van der Waals surface area contributed by atoms with E-state index in [2.05, 4.69) is 259 Å². The number of anilines is 6. The van der Waals surface area contributed by atoms with Crippen molar-refractivity contribution in [3.8, 4) is 0 Å². The fraction of sp³-hybridized carbons (Fsp3) is 0.439. The van der Waals surface area contributed by atoms with Crippen molar-refractivity contribution in [1.29, 1.82) is 0 Å². The molecule has 7 rings (SSSR count). The van der Waals surface area contributed by atoms with Crippen molar-refractivity contribution >= 4 is 56.4 Å². The monoisotopic (exact) mass is 1120 g/mol. The SMILES string of the molecule is C/C(=C(/C)c1c(C)c(C)c(N(c2c(C)c(C)c(C)c(C)c2C)c2c(C)c(C)c(C)c(C)c2C)c(C)c1C)c1c(C)c(C)c(/C(C)=C(\C)c2c(C)c(C)c(N(c3c(C)c(C)c(C)c(C)c3C)c3c(C)c(C)c(C)c(C)c3C)c(C)c2C)c(C)c1C. The van der Waals surface area contributed by atoms with Gasteiger partial charge in [-0.25, -0.2) is 0 Å². The highest BCUT2D eigenvalue weighted by Gasteiger charge is 2.33. The minimum Gasteiger partial charge on any atom is -0.309 e. The second-order valence-corrected chi connectivity index (χ2v) is 26.8. The van der Waals surface area contributed by atoms with Crippen LogP contribution < -0.4 is 9.80 Å². The minimum absolute atomic E-state index is 1.31. The van der Waals surface area contributed by atoms with Gasteiger partial charge in [-0.2, -0.15) is 0 Å². The maximum Gasteiger partial charge on any atom is 0.0526 e. The van der Waals surface area contributed by atoms with E-state index in [1.54, 1.807) is 0 Å². The van der Waals surface area contributed by atoms with Crippen molar-refractivity contribution in [2.45, 2.75) is 249 Å². The van der Waals surface area contributed by atoms with Crippen LogP contribution in [0.1, 0.15) is 228 Å². The van der Waals surface area contributed by atoms with Gasteiger partial charge in [0.15, 0.2) is 0 Å². The van der Waals surface area contributed by atoms with E-state index in [-0.39, 0.29) is 0 Å². The predicted octanol–water partition coefficient (Wildman–Crippen LogP) is 24.4. The van der Waals surface area contributed by atoms with E-state index in [1.165, 1.54) is 257 Å². The van der Waals surface area contributed by atoms with Crippen molar-refractivity contribution in [3.63, 3.8) is 0 Å². The molecule has 2 heteroatoms. The Morgan fingerprint density at radius 3 is 0.333 bits per heavy atom. The Bertz CT molecular complexity index is 3480. The van der Waals surface area contributed by atoms with Crippen molar-refractivity contribution in [2.24, 2.45) is 0 Å². The van der Waals surface area contributed by atoms with Gasteiger partial charge in [-0.3, -0.25) is 0 Å². The minimum atomic E-state index is 1.31. The lowest BCUT2D eigenvalue weighted by molar-refractivity contribution is 1.07. The lowest BCUT2D eigenvalue weighted by Crippen LogP contribution is -2.21. The van der Waals surface area contributed by atoms with E-state index in [9.17, 15) is 0 Å². The third kappa shape index (κ3) is 9.58. The van der Waals surface area contributed by atoms with Crippen LogP contribution in [-0.2, 0) is 0 Å². The van der Waals surface area contributed by atoms with Crippen molar-refractivity contribution < 1.29 is 0 Å². The first kappa shape index (κ1) is 65.2. The summed E-state index contributed by atoms with van der Waals surface area (Å²) in [5.41, 5.74) is 62.5. The molecule has 0 saturated heterocycles. The van der Waals surface area contributed by atoms with Gasteiger partial charge in [0.25, 0.3) is 0 Å². The highest BCUT2D eigenvalue weighted by Crippen LogP contribution is 2.54. The van der Waals surface area contributed by atoms with E-state index in [1.807, 2.05) is 0 Å². The Morgan fingerprint density at radius 2 is 0.214 bits per heavy atom. The first-order valence-electron chi connectivity index (χ1n) is 31.3. The van der Waals surface area contributed by atoms with Gasteiger partial charge in [-0.05, 0) is 472 Å². The van der Waals surface area contributed by atoms with Crippen LogP contribution in [0.5, 0.6) is 0 Å². The highest BCUT2D eigenvalue weighted by atomic mass is 15.2. The van der Waals surface area contributed by atoms with Crippen LogP contribution >= 0.6 is 0 Å². The Morgan fingerprint density at radius 1 is 0.131 bits per heavy atom. The molecule has 0 unspecified atom stereocenters. The molecule has 446 valence electrons. The van der Waals surface area contributed by atoms with Crippen LogP contribution in [0.3, 0.4) is 0 Å². The zero-order valence-electron chi connectivity index (χ0n) is 59.9. The lowest BCUT2D eigenvalue weighted by Gasteiger charge is -2.38. The highest BCUT2D eigenvalue weighted by molar-refractivity contribution is 6.00. The molecule has 2 nitrogen and oxygen atoms in total. The van der Waals surface area contributed by atoms with Crippen LogP contribution in [0.25, 0.3) is 22.3 Å². The van der Waals surface area contributed by atoms with E-state index in [0.717, 1.165) is 0 Å². The third-order valence-electron chi connectivity index (χ3n) is 23.6. The summed E-state index contributed by atoms with van der Waals surface area (Å²) in [4.78, 5) is 5.40. The standard InChI is InChI=1S/C82H108N2/c1-37-41(5)61(25)77(62(26)42(37)6)83(78-63(27)43(7)38(2)44(8)64(78)28)81-69(33)57(21)75(58(22)70(81)34)55(19)53(17)73-49(13)51(15)74(52(16)50(73)14)54(18)56(20)76-59(23)71(35)82(72(36)60(76)24)84(79-65(29)45(9)39(3)46(10)66(79)30)80-67(31)47(11)40(4)48(12)68(80)32/h1-36H3/b55-53+,56-54+. The topological polar surface area (TPSA) is 6.48 Å². The molecule has 0 atom stereocenters. The molecule has 0 bridgehead atoms. The zero-order valence-corrected chi connectivity index (χ0v) is 59.9.